The molecule has 1 aliphatic rings. The third kappa shape index (κ3) is 6.68. The van der Waals surface area contributed by atoms with Crippen molar-refractivity contribution in [2.45, 2.75) is 20.5 Å². The molecule has 0 aliphatic carbocycles. The third-order valence-electron chi connectivity index (χ3n) is 5.26. The van der Waals surface area contributed by atoms with E-state index in [1.807, 2.05) is 62.4 Å². The van der Waals surface area contributed by atoms with Crippen molar-refractivity contribution in [2.24, 2.45) is 0 Å². The minimum atomic E-state index is -0.478. The molecule has 0 spiro atoms. The Bertz CT molecular complexity index is 1370. The summed E-state index contributed by atoms with van der Waals surface area (Å²) < 4.78 is 7.87. The first-order chi connectivity index (χ1) is 17.2. The van der Waals surface area contributed by atoms with Crippen molar-refractivity contribution in [2.75, 3.05) is 11.9 Å². The molecule has 1 N–H and O–H groups in total. The van der Waals surface area contributed by atoms with E-state index in [0.717, 1.165) is 46.2 Å². The molecule has 6 nitrogen and oxygen atoms in total. The van der Waals surface area contributed by atoms with E-state index in [1.165, 1.54) is 5.56 Å². The van der Waals surface area contributed by atoms with Gasteiger partial charge in [0.1, 0.15) is 18.9 Å². The van der Waals surface area contributed by atoms with Gasteiger partial charge in [0, 0.05) is 5.69 Å². The number of nitrogens with zero attached hydrogens (tertiary/aromatic N) is 1. The van der Waals surface area contributed by atoms with Gasteiger partial charge in [-0.2, -0.15) is 0 Å². The van der Waals surface area contributed by atoms with Crippen molar-refractivity contribution < 1.29 is 19.1 Å². The summed E-state index contributed by atoms with van der Waals surface area (Å²) in [7, 11) is 0. The summed E-state index contributed by atoms with van der Waals surface area (Å²) in [6, 6.07) is 19.3. The molecule has 0 unspecified atom stereocenters. The van der Waals surface area contributed by atoms with Crippen molar-refractivity contribution in [1.29, 1.82) is 0 Å². The van der Waals surface area contributed by atoms with Crippen LogP contribution in [-0.2, 0) is 16.2 Å². The lowest BCUT2D eigenvalue weighted by Gasteiger charge is -2.13. The second-order valence-electron chi connectivity index (χ2n) is 8.28. The summed E-state index contributed by atoms with van der Waals surface area (Å²) in [4.78, 5) is 39.1. The molecule has 1 saturated heterocycles. The molecule has 0 radical (unpaired) electrons. The molecule has 3 aromatic rings. The average molecular weight is 724 g/mol. The maximum atomic E-state index is 12.9. The number of halogens is 2. The molecule has 1 aliphatic heterocycles. The predicted octanol–water partition coefficient (Wildman–Crippen LogP) is 6.77. The number of amides is 3. The van der Waals surface area contributed by atoms with Crippen LogP contribution < -0.4 is 10.1 Å². The molecule has 3 aromatic carbocycles. The minimum absolute atomic E-state index is 0.281. The molecule has 36 heavy (non-hydrogen) atoms. The number of hydrogen-bond acceptors (Lipinski definition) is 5. The van der Waals surface area contributed by atoms with E-state index >= 15 is 0 Å². The number of nitrogens with one attached hydrogen (secondary N) is 1. The molecule has 9 heteroatoms. The van der Waals surface area contributed by atoms with Crippen LogP contribution in [0.1, 0.15) is 22.3 Å². The smallest absolute Gasteiger partial charge is 0.294 e. The summed E-state index contributed by atoms with van der Waals surface area (Å²) in [5, 5.41) is 2.27. The molecule has 4 rings (SSSR count). The Morgan fingerprint density at radius 3 is 2.33 bits per heavy atom. The molecule has 0 aromatic heterocycles. The van der Waals surface area contributed by atoms with Gasteiger partial charge in [0.05, 0.1) is 12.0 Å². The van der Waals surface area contributed by atoms with E-state index in [1.54, 1.807) is 12.1 Å². The summed E-state index contributed by atoms with van der Waals surface area (Å²) in [6.45, 7) is 4.08. The van der Waals surface area contributed by atoms with Crippen molar-refractivity contribution >= 4 is 85.8 Å². The first kappa shape index (κ1) is 26.7. The van der Waals surface area contributed by atoms with Crippen molar-refractivity contribution in [3.63, 3.8) is 0 Å². The Balaban J connectivity index is 1.44. The van der Waals surface area contributed by atoms with Gasteiger partial charge in [0.15, 0.2) is 0 Å². The maximum Gasteiger partial charge on any atom is 0.294 e. The Labute approximate surface area is 241 Å². The van der Waals surface area contributed by atoms with E-state index in [2.05, 4.69) is 56.6 Å². The number of aryl methyl sites for hydroxylation is 2. The summed E-state index contributed by atoms with van der Waals surface area (Å²) >= 11 is 5.25. The first-order valence-electron chi connectivity index (χ1n) is 11.0. The van der Waals surface area contributed by atoms with Crippen LogP contribution in [-0.4, -0.2) is 28.5 Å². The van der Waals surface area contributed by atoms with Crippen LogP contribution in [0.3, 0.4) is 0 Å². The quantitative estimate of drug-likeness (QED) is 0.215. The SMILES string of the molecule is Cc1cccc(COc2c(I)cc(/C=C3\SC(=O)N(CC(=O)Nc4cccc(C)c4)C3=O)cc2I)c1. The zero-order valence-electron chi connectivity index (χ0n) is 19.5. The number of carbonyl (C=O) groups is 3. The molecule has 0 bridgehead atoms. The Morgan fingerprint density at radius 1 is 1.00 bits per heavy atom. The van der Waals surface area contributed by atoms with Gasteiger partial charge < -0.3 is 10.1 Å². The van der Waals surface area contributed by atoms with Crippen molar-refractivity contribution in [3.05, 3.63) is 95.0 Å². The third-order valence-corrected chi connectivity index (χ3v) is 7.77. The summed E-state index contributed by atoms with van der Waals surface area (Å²) in [5.74, 6) is -0.131. The Kier molecular flexibility index (Phi) is 8.73. The van der Waals surface area contributed by atoms with Crippen LogP contribution in [0.15, 0.2) is 65.6 Å². The number of hydrogen-bond donors (Lipinski definition) is 1. The molecule has 184 valence electrons. The van der Waals surface area contributed by atoms with Crippen LogP contribution in [0, 0.1) is 21.0 Å². The number of rotatable bonds is 7. The number of benzene rings is 3. The normalized spacial score (nSPS) is 14.4. The molecule has 1 heterocycles. The van der Waals surface area contributed by atoms with Gasteiger partial charge in [-0.3, -0.25) is 19.3 Å². The van der Waals surface area contributed by atoms with Gasteiger partial charge in [0.25, 0.3) is 11.1 Å². The van der Waals surface area contributed by atoms with Gasteiger partial charge in [0.2, 0.25) is 5.91 Å². The van der Waals surface area contributed by atoms with Crippen molar-refractivity contribution in [1.82, 2.24) is 4.90 Å². The fourth-order valence-electron chi connectivity index (χ4n) is 3.61. The fraction of sp³-hybridized carbons (Fsp3) is 0.148. The lowest BCUT2D eigenvalue weighted by Crippen LogP contribution is -2.36. The van der Waals surface area contributed by atoms with E-state index in [9.17, 15) is 14.4 Å². The second kappa shape index (κ2) is 11.8. The summed E-state index contributed by atoms with van der Waals surface area (Å²) in [6.07, 6.45) is 1.68. The van der Waals surface area contributed by atoms with E-state index in [4.69, 9.17) is 4.74 Å². The van der Waals surface area contributed by atoms with Crippen LogP contribution in [0.2, 0.25) is 0 Å². The van der Waals surface area contributed by atoms with Gasteiger partial charge in [-0.05, 0) is 118 Å². The minimum Gasteiger partial charge on any atom is -0.487 e. The first-order valence-corrected chi connectivity index (χ1v) is 14.0. The number of anilines is 1. The number of imide groups is 1. The lowest BCUT2D eigenvalue weighted by molar-refractivity contribution is -0.127. The standard InChI is InChI=1S/C27H22I2N2O4S/c1-16-5-3-7-18(9-16)15-35-25-21(28)11-19(12-22(25)29)13-23-26(33)31(27(34)36-23)14-24(32)30-20-8-4-6-17(2)10-20/h3-13H,14-15H2,1-2H3,(H,30,32)/b23-13-. The Morgan fingerprint density at radius 2 is 1.67 bits per heavy atom. The fourth-order valence-corrected chi connectivity index (χ4v) is 6.58. The molecule has 3 amide bonds. The Hall–Kier alpha value is -2.38. The molecular formula is C27H22I2N2O4S. The largest absolute Gasteiger partial charge is 0.487 e. The highest BCUT2D eigenvalue weighted by molar-refractivity contribution is 14.1. The van der Waals surface area contributed by atoms with Crippen LogP contribution >= 0.6 is 56.9 Å². The van der Waals surface area contributed by atoms with E-state index in [0.29, 0.717) is 12.3 Å². The zero-order valence-corrected chi connectivity index (χ0v) is 24.6. The number of carbonyl (C=O) groups excluding carboxylic acids is 3. The molecular weight excluding hydrogens is 702 g/mol. The molecule has 1 fully saturated rings. The summed E-state index contributed by atoms with van der Waals surface area (Å²) in [5.41, 5.74) is 4.67. The van der Waals surface area contributed by atoms with Gasteiger partial charge >= 0.3 is 0 Å². The van der Waals surface area contributed by atoms with Gasteiger partial charge in [-0.25, -0.2) is 0 Å². The topological polar surface area (TPSA) is 75.7 Å². The van der Waals surface area contributed by atoms with Crippen molar-refractivity contribution in [3.8, 4) is 5.75 Å². The van der Waals surface area contributed by atoms with Crippen LogP contribution in [0.25, 0.3) is 6.08 Å². The monoisotopic (exact) mass is 724 g/mol. The average Bonchev–Trinajstić information content (AvgIpc) is 3.06. The second-order valence-corrected chi connectivity index (χ2v) is 11.6. The highest BCUT2D eigenvalue weighted by Gasteiger charge is 2.36. The zero-order chi connectivity index (χ0) is 25.8. The molecule has 0 saturated carbocycles. The highest BCUT2D eigenvalue weighted by atomic mass is 127. The maximum absolute atomic E-state index is 12.9. The van der Waals surface area contributed by atoms with Crippen LogP contribution in [0.5, 0.6) is 5.75 Å². The van der Waals surface area contributed by atoms with Gasteiger partial charge in [-0.1, -0.05) is 42.0 Å². The predicted molar refractivity (Wildman–Crippen MR) is 160 cm³/mol. The van der Waals surface area contributed by atoms with E-state index in [-0.39, 0.29) is 11.4 Å². The highest BCUT2D eigenvalue weighted by Crippen LogP contribution is 2.35. The van der Waals surface area contributed by atoms with Gasteiger partial charge in [-0.15, -0.1) is 0 Å². The number of thioether (sulfide) groups is 1. The van der Waals surface area contributed by atoms with E-state index < -0.39 is 17.1 Å². The number of ether oxygens (including phenoxy) is 1. The van der Waals surface area contributed by atoms with Crippen LogP contribution in [0.4, 0.5) is 10.5 Å². The lowest BCUT2D eigenvalue weighted by atomic mass is 10.1. The molecule has 0 atom stereocenters.